The van der Waals surface area contributed by atoms with Crippen molar-refractivity contribution in [1.29, 1.82) is 0 Å². The van der Waals surface area contributed by atoms with E-state index < -0.39 is 0 Å². The van der Waals surface area contributed by atoms with Crippen LogP contribution in [0.4, 0.5) is 14.9 Å². The summed E-state index contributed by atoms with van der Waals surface area (Å²) in [7, 11) is 0. The van der Waals surface area contributed by atoms with Crippen molar-refractivity contribution in [1.82, 2.24) is 5.32 Å². The lowest BCUT2D eigenvalue weighted by molar-refractivity contribution is 0.252. The number of benzene rings is 2. The second-order valence-corrected chi connectivity index (χ2v) is 5.14. The first-order chi connectivity index (χ1) is 11.1. The number of hydrogen-bond acceptors (Lipinski definition) is 2. The Labute approximate surface area is 135 Å². The van der Waals surface area contributed by atoms with Crippen molar-refractivity contribution in [2.24, 2.45) is 0 Å². The first-order valence-electron chi connectivity index (χ1n) is 7.62. The van der Waals surface area contributed by atoms with Gasteiger partial charge in [-0.2, -0.15) is 0 Å². The van der Waals surface area contributed by atoms with Crippen LogP contribution < -0.4 is 15.4 Å². The minimum atomic E-state index is -0.315. The summed E-state index contributed by atoms with van der Waals surface area (Å²) in [5.74, 6) is 0.551. The number of hydrogen-bond donors (Lipinski definition) is 2. The fourth-order valence-corrected chi connectivity index (χ4v) is 2.23. The highest BCUT2D eigenvalue weighted by Gasteiger charge is 2.05. The molecule has 5 heteroatoms. The second-order valence-electron chi connectivity index (χ2n) is 5.14. The summed E-state index contributed by atoms with van der Waals surface area (Å²) < 4.78 is 18.9. The number of anilines is 1. The van der Waals surface area contributed by atoms with E-state index in [0.29, 0.717) is 30.8 Å². The van der Waals surface area contributed by atoms with Gasteiger partial charge in [-0.05, 0) is 55.7 Å². The Hall–Kier alpha value is -2.56. The van der Waals surface area contributed by atoms with E-state index in [0.717, 1.165) is 11.3 Å². The summed E-state index contributed by atoms with van der Waals surface area (Å²) in [4.78, 5) is 11.9. The van der Waals surface area contributed by atoms with Crippen molar-refractivity contribution in [2.75, 3.05) is 18.5 Å². The molecule has 2 N–H and O–H groups in total. The van der Waals surface area contributed by atoms with Gasteiger partial charge < -0.3 is 15.4 Å². The number of carbonyl (C=O) groups is 1. The molecular weight excluding hydrogens is 295 g/mol. The monoisotopic (exact) mass is 316 g/mol. The van der Waals surface area contributed by atoms with Crippen molar-refractivity contribution in [2.45, 2.75) is 20.3 Å². The SMILES string of the molecule is CCOc1ccc(NC(=O)NCCc2ccccc2F)cc1C. The molecule has 0 spiro atoms. The van der Waals surface area contributed by atoms with Gasteiger partial charge in [-0.1, -0.05) is 18.2 Å². The minimum Gasteiger partial charge on any atom is -0.494 e. The third-order valence-corrected chi connectivity index (χ3v) is 3.37. The van der Waals surface area contributed by atoms with Crippen LogP contribution in [0.3, 0.4) is 0 Å². The van der Waals surface area contributed by atoms with Crippen LogP contribution in [0, 0.1) is 12.7 Å². The van der Waals surface area contributed by atoms with Crippen molar-refractivity contribution in [3.8, 4) is 5.75 Å². The van der Waals surface area contributed by atoms with E-state index in [1.807, 2.05) is 26.0 Å². The maximum Gasteiger partial charge on any atom is 0.319 e. The van der Waals surface area contributed by atoms with E-state index >= 15 is 0 Å². The normalized spacial score (nSPS) is 10.2. The average molecular weight is 316 g/mol. The fourth-order valence-electron chi connectivity index (χ4n) is 2.23. The lowest BCUT2D eigenvalue weighted by Gasteiger charge is -2.11. The molecule has 0 saturated heterocycles. The molecule has 122 valence electrons. The Morgan fingerprint density at radius 3 is 2.70 bits per heavy atom. The molecule has 0 bridgehead atoms. The zero-order valence-electron chi connectivity index (χ0n) is 13.4. The molecule has 0 aromatic heterocycles. The summed E-state index contributed by atoms with van der Waals surface area (Å²) >= 11 is 0. The topological polar surface area (TPSA) is 50.4 Å². The molecule has 0 atom stereocenters. The quantitative estimate of drug-likeness (QED) is 0.849. The largest absolute Gasteiger partial charge is 0.494 e. The van der Waals surface area contributed by atoms with E-state index in [1.54, 1.807) is 24.3 Å². The van der Waals surface area contributed by atoms with Crippen molar-refractivity contribution >= 4 is 11.7 Å². The summed E-state index contributed by atoms with van der Waals surface area (Å²) in [5, 5.41) is 5.47. The zero-order chi connectivity index (χ0) is 16.7. The summed E-state index contributed by atoms with van der Waals surface area (Å²) in [6.07, 6.45) is 0.447. The Balaban J connectivity index is 1.83. The molecule has 4 nitrogen and oxygen atoms in total. The number of nitrogens with one attached hydrogen (secondary N) is 2. The molecule has 0 aliphatic heterocycles. The van der Waals surface area contributed by atoms with Gasteiger partial charge in [0.1, 0.15) is 11.6 Å². The number of amides is 2. The van der Waals surface area contributed by atoms with Crippen LogP contribution in [-0.2, 0) is 6.42 Å². The maximum absolute atomic E-state index is 13.5. The molecule has 0 aliphatic carbocycles. The highest BCUT2D eigenvalue weighted by atomic mass is 19.1. The summed E-state index contributed by atoms with van der Waals surface area (Å²) in [5.41, 5.74) is 2.23. The van der Waals surface area contributed by atoms with Gasteiger partial charge in [-0.3, -0.25) is 0 Å². The molecule has 0 saturated carbocycles. The fraction of sp³-hybridized carbons (Fsp3) is 0.278. The number of halogens is 1. The molecular formula is C18H21FN2O2. The number of ether oxygens (including phenoxy) is 1. The molecule has 0 aliphatic rings. The van der Waals surface area contributed by atoms with E-state index in [-0.39, 0.29) is 11.8 Å². The molecule has 2 aromatic carbocycles. The maximum atomic E-state index is 13.5. The number of carbonyl (C=O) groups excluding carboxylic acids is 1. The van der Waals surface area contributed by atoms with Gasteiger partial charge in [0.2, 0.25) is 0 Å². The van der Waals surface area contributed by atoms with Gasteiger partial charge in [0, 0.05) is 12.2 Å². The van der Waals surface area contributed by atoms with Crippen LogP contribution in [0.15, 0.2) is 42.5 Å². The Morgan fingerprint density at radius 1 is 1.22 bits per heavy atom. The van der Waals surface area contributed by atoms with Crippen LogP contribution in [-0.4, -0.2) is 19.2 Å². The lowest BCUT2D eigenvalue weighted by Crippen LogP contribution is -2.30. The van der Waals surface area contributed by atoms with E-state index in [9.17, 15) is 9.18 Å². The molecule has 0 fully saturated rings. The third-order valence-electron chi connectivity index (χ3n) is 3.37. The van der Waals surface area contributed by atoms with Gasteiger partial charge in [0.05, 0.1) is 6.61 Å². The molecule has 23 heavy (non-hydrogen) atoms. The van der Waals surface area contributed by atoms with Gasteiger partial charge in [0.15, 0.2) is 0 Å². The molecule has 0 unspecified atom stereocenters. The van der Waals surface area contributed by atoms with E-state index in [1.165, 1.54) is 6.07 Å². The molecule has 0 heterocycles. The Morgan fingerprint density at radius 2 is 2.00 bits per heavy atom. The zero-order valence-corrected chi connectivity index (χ0v) is 13.4. The summed E-state index contributed by atoms with van der Waals surface area (Å²) in [6, 6.07) is 11.7. The van der Waals surface area contributed by atoms with Crippen LogP contribution in [0.2, 0.25) is 0 Å². The van der Waals surface area contributed by atoms with Crippen LogP contribution >= 0.6 is 0 Å². The van der Waals surface area contributed by atoms with Crippen molar-refractivity contribution in [3.05, 3.63) is 59.4 Å². The number of aryl methyl sites for hydroxylation is 1. The Bertz CT molecular complexity index is 674. The standard InChI is InChI=1S/C18H21FN2O2/c1-3-23-17-9-8-15(12-13(17)2)21-18(22)20-11-10-14-6-4-5-7-16(14)19/h4-9,12H,3,10-11H2,1-2H3,(H2,20,21,22). The predicted molar refractivity (Wildman–Crippen MR) is 89.5 cm³/mol. The summed E-state index contributed by atoms with van der Waals surface area (Å²) in [6.45, 7) is 4.81. The average Bonchev–Trinajstić information content (AvgIpc) is 2.52. The molecule has 2 aromatic rings. The van der Waals surface area contributed by atoms with Crippen LogP contribution in [0.25, 0.3) is 0 Å². The van der Waals surface area contributed by atoms with Crippen molar-refractivity contribution in [3.63, 3.8) is 0 Å². The van der Waals surface area contributed by atoms with E-state index in [2.05, 4.69) is 10.6 Å². The number of rotatable bonds is 6. The van der Waals surface area contributed by atoms with Crippen molar-refractivity contribution < 1.29 is 13.9 Å². The van der Waals surface area contributed by atoms with Gasteiger partial charge in [-0.15, -0.1) is 0 Å². The highest BCUT2D eigenvalue weighted by Crippen LogP contribution is 2.21. The van der Waals surface area contributed by atoms with Gasteiger partial charge >= 0.3 is 6.03 Å². The molecule has 2 rings (SSSR count). The lowest BCUT2D eigenvalue weighted by atomic mass is 10.1. The smallest absolute Gasteiger partial charge is 0.319 e. The number of urea groups is 1. The molecule has 0 radical (unpaired) electrons. The second kappa shape index (κ2) is 8.17. The Kier molecular flexibility index (Phi) is 5.97. The highest BCUT2D eigenvalue weighted by molar-refractivity contribution is 5.89. The van der Waals surface area contributed by atoms with Gasteiger partial charge in [-0.25, -0.2) is 9.18 Å². The predicted octanol–water partition coefficient (Wildman–Crippen LogP) is 3.90. The third kappa shape index (κ3) is 4.98. The molecule has 2 amide bonds. The van der Waals surface area contributed by atoms with Gasteiger partial charge in [0.25, 0.3) is 0 Å². The first-order valence-corrected chi connectivity index (χ1v) is 7.62. The van der Waals surface area contributed by atoms with Crippen LogP contribution in [0.1, 0.15) is 18.1 Å². The van der Waals surface area contributed by atoms with E-state index in [4.69, 9.17) is 4.74 Å². The minimum absolute atomic E-state index is 0.253. The first kappa shape index (κ1) is 16.8. The van der Waals surface area contributed by atoms with Crippen LogP contribution in [0.5, 0.6) is 5.75 Å².